The van der Waals surface area contributed by atoms with Gasteiger partial charge in [0.05, 0.1) is 0 Å². The summed E-state index contributed by atoms with van der Waals surface area (Å²) in [4.78, 5) is 0. The van der Waals surface area contributed by atoms with E-state index in [0.29, 0.717) is 6.61 Å². The summed E-state index contributed by atoms with van der Waals surface area (Å²) in [6, 6.07) is 8.67. The topological polar surface area (TPSA) is 21.3 Å². The number of benzene rings is 1. The van der Waals surface area contributed by atoms with Crippen LogP contribution >= 0.6 is 0 Å². The largest absolute Gasteiger partial charge is 0.375 e. The lowest BCUT2D eigenvalue weighted by Crippen LogP contribution is -2.33. The van der Waals surface area contributed by atoms with Crippen molar-refractivity contribution in [3.63, 3.8) is 0 Å². The number of alkyl halides is 2. The van der Waals surface area contributed by atoms with Gasteiger partial charge in [-0.25, -0.2) is 8.78 Å². The maximum absolute atomic E-state index is 12.0. The molecule has 0 fully saturated rings. The predicted octanol–water partition coefficient (Wildman–Crippen LogP) is 3.58. The highest BCUT2D eigenvalue weighted by Crippen LogP contribution is 2.09. The first kappa shape index (κ1) is 17.1. The van der Waals surface area contributed by atoms with Crippen molar-refractivity contribution in [2.75, 3.05) is 19.8 Å². The van der Waals surface area contributed by atoms with Crippen LogP contribution in [0.5, 0.6) is 0 Å². The van der Waals surface area contributed by atoms with Crippen LogP contribution in [0.4, 0.5) is 8.78 Å². The second-order valence-corrected chi connectivity index (χ2v) is 5.10. The van der Waals surface area contributed by atoms with E-state index >= 15 is 0 Å². The molecule has 1 N–H and O–H groups in total. The molecule has 0 bridgehead atoms. The Morgan fingerprint density at radius 3 is 2.75 bits per heavy atom. The number of ether oxygens (including phenoxy) is 1. The zero-order valence-electron chi connectivity index (χ0n) is 12.4. The van der Waals surface area contributed by atoms with Crippen LogP contribution in [0.25, 0.3) is 0 Å². The minimum atomic E-state index is -2.38. The molecule has 2 nitrogen and oxygen atoms in total. The molecule has 114 valence electrons. The molecule has 0 aromatic heterocycles. The molecule has 1 rings (SSSR count). The molecule has 0 radical (unpaired) electrons. The molecule has 1 aromatic carbocycles. The van der Waals surface area contributed by atoms with Crippen LogP contribution in [0, 0.1) is 6.92 Å². The minimum absolute atomic E-state index is 0.273. The average molecular weight is 285 g/mol. The molecule has 1 unspecified atom stereocenters. The summed E-state index contributed by atoms with van der Waals surface area (Å²) < 4.78 is 29.0. The van der Waals surface area contributed by atoms with Gasteiger partial charge in [-0.05, 0) is 38.3 Å². The van der Waals surface area contributed by atoms with E-state index in [1.807, 2.05) is 0 Å². The van der Waals surface area contributed by atoms with Gasteiger partial charge in [0.2, 0.25) is 0 Å². The molecule has 1 aromatic rings. The van der Waals surface area contributed by atoms with Crippen LogP contribution in [0.15, 0.2) is 24.3 Å². The maximum atomic E-state index is 12.0. The third-order valence-corrected chi connectivity index (χ3v) is 3.10. The second-order valence-electron chi connectivity index (χ2n) is 5.10. The fourth-order valence-corrected chi connectivity index (χ4v) is 2.15. The lowest BCUT2D eigenvalue weighted by Gasteiger charge is -2.19. The van der Waals surface area contributed by atoms with Crippen molar-refractivity contribution in [1.29, 1.82) is 0 Å². The monoisotopic (exact) mass is 285 g/mol. The Kier molecular flexibility index (Phi) is 8.38. The molecule has 0 aliphatic rings. The summed E-state index contributed by atoms with van der Waals surface area (Å²) in [5, 5.41) is 3.46. The zero-order valence-corrected chi connectivity index (χ0v) is 12.4. The summed E-state index contributed by atoms with van der Waals surface area (Å²) in [5.41, 5.74) is 2.51. The smallest absolute Gasteiger partial charge is 0.261 e. The van der Waals surface area contributed by atoms with Crippen molar-refractivity contribution in [1.82, 2.24) is 5.32 Å². The van der Waals surface area contributed by atoms with Crippen molar-refractivity contribution in [2.45, 2.75) is 45.6 Å². The Labute approximate surface area is 120 Å². The van der Waals surface area contributed by atoms with Gasteiger partial charge in [-0.3, -0.25) is 0 Å². The zero-order chi connectivity index (χ0) is 14.8. The molecule has 0 saturated heterocycles. The molecule has 0 amide bonds. The standard InChI is InChI=1S/C16H25F2NO/c1-3-8-19-15(7-9-20-12-16(17)18)11-14-6-4-5-13(2)10-14/h4-6,10,15-16,19H,3,7-9,11-12H2,1-2H3. The number of aryl methyl sites for hydroxylation is 1. The van der Waals surface area contributed by atoms with Gasteiger partial charge in [0.15, 0.2) is 0 Å². The number of nitrogens with one attached hydrogen (secondary N) is 1. The van der Waals surface area contributed by atoms with Crippen LogP contribution in [0.3, 0.4) is 0 Å². The molecule has 0 saturated carbocycles. The number of hydrogen-bond acceptors (Lipinski definition) is 2. The van der Waals surface area contributed by atoms with Crippen molar-refractivity contribution >= 4 is 0 Å². The Morgan fingerprint density at radius 1 is 1.30 bits per heavy atom. The molecule has 4 heteroatoms. The summed E-state index contributed by atoms with van der Waals surface area (Å²) >= 11 is 0. The van der Waals surface area contributed by atoms with E-state index in [9.17, 15) is 8.78 Å². The van der Waals surface area contributed by atoms with E-state index in [-0.39, 0.29) is 6.04 Å². The summed E-state index contributed by atoms with van der Waals surface area (Å²) in [7, 11) is 0. The summed E-state index contributed by atoms with van der Waals surface area (Å²) in [6.45, 7) is 5.03. The predicted molar refractivity (Wildman–Crippen MR) is 78.4 cm³/mol. The Morgan fingerprint density at radius 2 is 2.10 bits per heavy atom. The van der Waals surface area contributed by atoms with Gasteiger partial charge in [-0.2, -0.15) is 0 Å². The second kappa shape index (κ2) is 9.83. The molecule has 0 aliphatic heterocycles. The lowest BCUT2D eigenvalue weighted by atomic mass is 10.0. The molecule has 20 heavy (non-hydrogen) atoms. The molecule has 0 heterocycles. The van der Waals surface area contributed by atoms with Gasteiger partial charge in [-0.15, -0.1) is 0 Å². The highest BCUT2D eigenvalue weighted by Gasteiger charge is 2.10. The maximum Gasteiger partial charge on any atom is 0.261 e. The van der Waals surface area contributed by atoms with Crippen molar-refractivity contribution in [2.24, 2.45) is 0 Å². The van der Waals surface area contributed by atoms with Gasteiger partial charge >= 0.3 is 0 Å². The van der Waals surface area contributed by atoms with E-state index in [0.717, 1.165) is 25.8 Å². The average Bonchev–Trinajstić information content (AvgIpc) is 2.40. The fourth-order valence-electron chi connectivity index (χ4n) is 2.15. The van der Waals surface area contributed by atoms with Gasteiger partial charge in [0.25, 0.3) is 6.43 Å². The third-order valence-electron chi connectivity index (χ3n) is 3.10. The van der Waals surface area contributed by atoms with E-state index in [1.165, 1.54) is 11.1 Å². The minimum Gasteiger partial charge on any atom is -0.375 e. The van der Waals surface area contributed by atoms with Gasteiger partial charge in [0, 0.05) is 12.6 Å². The number of halogens is 2. The fraction of sp³-hybridized carbons (Fsp3) is 0.625. The van der Waals surface area contributed by atoms with Gasteiger partial charge in [0.1, 0.15) is 6.61 Å². The Hall–Kier alpha value is -1.00. The van der Waals surface area contributed by atoms with Crippen LogP contribution in [0.1, 0.15) is 30.9 Å². The first-order chi connectivity index (χ1) is 9.61. The summed E-state index contributed by atoms with van der Waals surface area (Å²) in [6.07, 6.45) is 0.330. The first-order valence-corrected chi connectivity index (χ1v) is 7.26. The van der Waals surface area contributed by atoms with Gasteiger partial charge < -0.3 is 10.1 Å². The summed E-state index contributed by atoms with van der Waals surface area (Å²) in [5.74, 6) is 0. The Bertz CT molecular complexity index is 371. The first-order valence-electron chi connectivity index (χ1n) is 7.26. The van der Waals surface area contributed by atoms with E-state index in [4.69, 9.17) is 4.74 Å². The lowest BCUT2D eigenvalue weighted by molar-refractivity contribution is 0.0144. The highest BCUT2D eigenvalue weighted by atomic mass is 19.3. The van der Waals surface area contributed by atoms with E-state index in [1.54, 1.807) is 0 Å². The number of hydrogen-bond donors (Lipinski definition) is 1. The van der Waals surface area contributed by atoms with E-state index in [2.05, 4.69) is 43.4 Å². The molecule has 1 atom stereocenters. The van der Waals surface area contributed by atoms with Crippen LogP contribution in [-0.4, -0.2) is 32.2 Å². The quantitative estimate of drug-likeness (QED) is 0.663. The van der Waals surface area contributed by atoms with Crippen molar-refractivity contribution in [3.8, 4) is 0 Å². The van der Waals surface area contributed by atoms with Crippen LogP contribution in [0.2, 0.25) is 0 Å². The van der Waals surface area contributed by atoms with Crippen LogP contribution < -0.4 is 5.32 Å². The molecule has 0 spiro atoms. The number of rotatable bonds is 10. The highest BCUT2D eigenvalue weighted by molar-refractivity contribution is 5.22. The molecular weight excluding hydrogens is 260 g/mol. The SMILES string of the molecule is CCCNC(CCOCC(F)F)Cc1cccc(C)c1. The van der Waals surface area contributed by atoms with Crippen LogP contribution in [-0.2, 0) is 11.2 Å². The van der Waals surface area contributed by atoms with Crippen molar-refractivity contribution in [3.05, 3.63) is 35.4 Å². The van der Waals surface area contributed by atoms with Gasteiger partial charge in [-0.1, -0.05) is 36.8 Å². The third kappa shape index (κ3) is 7.56. The van der Waals surface area contributed by atoms with E-state index < -0.39 is 13.0 Å². The van der Waals surface area contributed by atoms with Crippen molar-refractivity contribution < 1.29 is 13.5 Å². The normalized spacial score (nSPS) is 12.8. The molecule has 0 aliphatic carbocycles. The molecular formula is C16H25F2NO. The Balaban J connectivity index is 2.42.